The van der Waals surface area contributed by atoms with Crippen molar-refractivity contribution in [2.75, 3.05) is 7.05 Å². The molecule has 4 aromatic rings. The molecule has 0 bridgehead atoms. The molecule has 0 saturated carbocycles. The third-order valence-electron chi connectivity index (χ3n) is 4.01. The maximum Gasteiger partial charge on any atom is 0.289 e. The fourth-order valence-electron chi connectivity index (χ4n) is 2.71. The van der Waals surface area contributed by atoms with E-state index < -0.39 is 0 Å². The number of thiazole rings is 1. The van der Waals surface area contributed by atoms with Crippen LogP contribution in [0.3, 0.4) is 0 Å². The summed E-state index contributed by atoms with van der Waals surface area (Å²) in [5.74, 6) is -0.151. The lowest BCUT2D eigenvalue weighted by Crippen LogP contribution is -2.25. The fraction of sp³-hybridized carbons (Fsp3) is 0.100. The van der Waals surface area contributed by atoms with Crippen LogP contribution in [-0.2, 0) is 6.54 Å². The van der Waals surface area contributed by atoms with Crippen LogP contribution in [0.2, 0.25) is 0 Å². The molecule has 4 rings (SSSR count). The Kier molecular flexibility index (Phi) is 4.26. The van der Waals surface area contributed by atoms with Gasteiger partial charge in [0.05, 0.1) is 22.3 Å². The molecule has 0 saturated heterocycles. The van der Waals surface area contributed by atoms with E-state index in [4.69, 9.17) is 4.42 Å². The molecule has 130 valence electrons. The molecule has 0 aliphatic carbocycles. The molecular weight excluding hydrogens is 351 g/mol. The van der Waals surface area contributed by atoms with Gasteiger partial charge in [0.2, 0.25) is 0 Å². The average molecular weight is 366 g/mol. The van der Waals surface area contributed by atoms with Crippen molar-refractivity contribution in [1.29, 1.82) is 0 Å². The summed E-state index contributed by atoms with van der Waals surface area (Å²) in [6, 6.07) is 17.3. The highest BCUT2D eigenvalue weighted by Gasteiger charge is 2.19. The summed E-state index contributed by atoms with van der Waals surface area (Å²) in [6.45, 7) is 0.383. The Hall–Kier alpha value is -2.99. The monoisotopic (exact) mass is 366 g/mol. The van der Waals surface area contributed by atoms with Crippen molar-refractivity contribution >= 4 is 27.5 Å². The van der Waals surface area contributed by atoms with E-state index in [1.165, 1.54) is 6.07 Å². The van der Waals surface area contributed by atoms with Crippen molar-refractivity contribution in [2.24, 2.45) is 0 Å². The first-order chi connectivity index (χ1) is 12.6. The molecule has 0 aliphatic heterocycles. The number of rotatable bonds is 4. The first-order valence-corrected chi connectivity index (χ1v) is 8.88. The van der Waals surface area contributed by atoms with Crippen LogP contribution in [0.25, 0.3) is 21.5 Å². The summed E-state index contributed by atoms with van der Waals surface area (Å²) in [4.78, 5) is 18.7. The van der Waals surface area contributed by atoms with Crippen LogP contribution in [0.15, 0.2) is 65.1 Å². The molecule has 6 heteroatoms. The number of fused-ring (bicyclic) bond motifs is 1. The van der Waals surface area contributed by atoms with Gasteiger partial charge in [0.1, 0.15) is 16.6 Å². The largest absolute Gasteiger partial charge is 0.451 e. The second kappa shape index (κ2) is 6.72. The maximum absolute atomic E-state index is 13.9. The van der Waals surface area contributed by atoms with Crippen LogP contribution >= 0.6 is 11.3 Å². The van der Waals surface area contributed by atoms with Gasteiger partial charge in [0, 0.05) is 7.05 Å². The molecule has 2 heterocycles. The number of hydrogen-bond donors (Lipinski definition) is 0. The lowest BCUT2D eigenvalue weighted by atomic mass is 10.1. The molecule has 0 unspecified atom stereocenters. The first-order valence-electron chi connectivity index (χ1n) is 8.06. The summed E-state index contributed by atoms with van der Waals surface area (Å²) in [5, 5.41) is 0.850. The fourth-order valence-corrected chi connectivity index (χ4v) is 3.73. The van der Waals surface area contributed by atoms with E-state index in [0.29, 0.717) is 17.9 Å². The summed E-state index contributed by atoms with van der Waals surface area (Å²) in [5.41, 5.74) is 1.26. The Labute approximate surface area is 153 Å². The third-order valence-corrected chi connectivity index (χ3v) is 5.03. The Morgan fingerprint density at radius 3 is 2.69 bits per heavy atom. The quantitative estimate of drug-likeness (QED) is 0.512. The van der Waals surface area contributed by atoms with Crippen LogP contribution in [0.4, 0.5) is 4.39 Å². The van der Waals surface area contributed by atoms with Gasteiger partial charge in [-0.25, -0.2) is 9.37 Å². The number of aromatic nitrogens is 1. The number of benzene rings is 2. The number of para-hydroxylation sites is 1. The zero-order valence-corrected chi connectivity index (χ0v) is 14.8. The topological polar surface area (TPSA) is 46.3 Å². The minimum absolute atomic E-state index is 0.173. The van der Waals surface area contributed by atoms with E-state index in [0.717, 1.165) is 15.2 Å². The lowest BCUT2D eigenvalue weighted by Gasteiger charge is -2.13. The molecule has 0 radical (unpaired) electrons. The van der Waals surface area contributed by atoms with Gasteiger partial charge in [-0.1, -0.05) is 24.3 Å². The molecule has 0 fully saturated rings. The summed E-state index contributed by atoms with van der Waals surface area (Å²) >= 11 is 1.56. The van der Waals surface area contributed by atoms with Gasteiger partial charge >= 0.3 is 0 Å². The van der Waals surface area contributed by atoms with E-state index in [1.54, 1.807) is 53.6 Å². The second-order valence-corrected chi connectivity index (χ2v) is 7.00. The smallest absolute Gasteiger partial charge is 0.289 e. The highest BCUT2D eigenvalue weighted by molar-refractivity contribution is 7.18. The predicted octanol–water partition coefficient (Wildman–Crippen LogP) is 4.97. The summed E-state index contributed by atoms with van der Waals surface area (Å²) in [6.07, 6.45) is 0. The Morgan fingerprint density at radius 1 is 1.12 bits per heavy atom. The number of hydrogen-bond acceptors (Lipinski definition) is 4. The maximum atomic E-state index is 13.9. The SMILES string of the molecule is CN(Cc1nc2ccccc2s1)C(=O)c1ccc(-c2ccccc2F)o1. The van der Waals surface area contributed by atoms with E-state index in [-0.39, 0.29) is 17.5 Å². The molecule has 2 aromatic heterocycles. The summed E-state index contributed by atoms with van der Waals surface area (Å²) in [7, 11) is 1.69. The van der Waals surface area contributed by atoms with Crippen molar-refractivity contribution in [3.63, 3.8) is 0 Å². The Balaban J connectivity index is 1.53. The highest BCUT2D eigenvalue weighted by Crippen LogP contribution is 2.26. The normalized spacial score (nSPS) is 11.0. The molecule has 4 nitrogen and oxygen atoms in total. The zero-order chi connectivity index (χ0) is 18.1. The van der Waals surface area contributed by atoms with Gasteiger partial charge in [0.15, 0.2) is 5.76 Å². The standard InChI is InChI=1S/C20H15FN2O2S/c1-23(12-19-22-15-8-4-5-9-18(15)26-19)20(24)17-11-10-16(25-17)13-6-2-3-7-14(13)21/h2-11H,12H2,1H3. The van der Waals surface area contributed by atoms with Crippen LogP contribution in [0.1, 0.15) is 15.6 Å². The number of carbonyl (C=O) groups excluding carboxylic acids is 1. The van der Waals surface area contributed by atoms with Gasteiger partial charge in [-0.15, -0.1) is 11.3 Å². The lowest BCUT2D eigenvalue weighted by molar-refractivity contribution is 0.0754. The summed E-state index contributed by atoms with van der Waals surface area (Å²) < 4.78 is 20.5. The first kappa shape index (κ1) is 16.5. The van der Waals surface area contributed by atoms with Crippen LogP contribution < -0.4 is 0 Å². The highest BCUT2D eigenvalue weighted by atomic mass is 32.1. The zero-order valence-electron chi connectivity index (χ0n) is 14.0. The van der Waals surface area contributed by atoms with Crippen molar-refractivity contribution < 1.29 is 13.6 Å². The van der Waals surface area contributed by atoms with E-state index in [1.807, 2.05) is 24.3 Å². The van der Waals surface area contributed by atoms with Crippen LogP contribution in [0.5, 0.6) is 0 Å². The Morgan fingerprint density at radius 2 is 1.88 bits per heavy atom. The number of furan rings is 1. The van der Waals surface area contributed by atoms with Crippen molar-refractivity contribution in [1.82, 2.24) is 9.88 Å². The van der Waals surface area contributed by atoms with Crippen LogP contribution in [-0.4, -0.2) is 22.8 Å². The van der Waals surface area contributed by atoms with Gasteiger partial charge in [-0.05, 0) is 36.4 Å². The molecule has 26 heavy (non-hydrogen) atoms. The number of nitrogens with zero attached hydrogens (tertiary/aromatic N) is 2. The molecule has 0 aliphatic rings. The second-order valence-electron chi connectivity index (χ2n) is 5.88. The number of amides is 1. The molecule has 1 amide bonds. The van der Waals surface area contributed by atoms with Crippen molar-refractivity contribution in [3.05, 3.63) is 77.2 Å². The Bertz CT molecular complexity index is 1050. The van der Waals surface area contributed by atoms with E-state index in [2.05, 4.69) is 4.98 Å². The molecule has 0 spiro atoms. The molecule has 0 N–H and O–H groups in total. The van der Waals surface area contributed by atoms with Gasteiger partial charge < -0.3 is 9.32 Å². The van der Waals surface area contributed by atoms with Crippen molar-refractivity contribution in [2.45, 2.75) is 6.54 Å². The van der Waals surface area contributed by atoms with Crippen molar-refractivity contribution in [3.8, 4) is 11.3 Å². The minimum Gasteiger partial charge on any atom is -0.451 e. The number of carbonyl (C=O) groups is 1. The molecule has 2 aromatic carbocycles. The van der Waals surface area contributed by atoms with E-state index in [9.17, 15) is 9.18 Å². The molecule has 0 atom stereocenters. The van der Waals surface area contributed by atoms with Gasteiger partial charge in [0.25, 0.3) is 5.91 Å². The van der Waals surface area contributed by atoms with Crippen LogP contribution in [0, 0.1) is 5.82 Å². The van der Waals surface area contributed by atoms with E-state index >= 15 is 0 Å². The van der Waals surface area contributed by atoms with Gasteiger partial charge in [-0.2, -0.15) is 0 Å². The third kappa shape index (κ3) is 3.11. The minimum atomic E-state index is -0.385. The predicted molar refractivity (Wildman–Crippen MR) is 99.5 cm³/mol. The average Bonchev–Trinajstić information content (AvgIpc) is 3.28. The van der Waals surface area contributed by atoms with Gasteiger partial charge in [-0.3, -0.25) is 4.79 Å². The molecular formula is C20H15FN2O2S. The number of halogens is 1.